The average Bonchev–Trinajstić information content (AvgIpc) is 2.95. The first-order chi connectivity index (χ1) is 10.2. The largest absolute Gasteiger partial charge is 0.391 e. The van der Waals surface area contributed by atoms with Gasteiger partial charge in [-0.25, -0.2) is 8.42 Å². The van der Waals surface area contributed by atoms with Gasteiger partial charge in [0.1, 0.15) is 10.3 Å². The van der Waals surface area contributed by atoms with Crippen molar-refractivity contribution in [1.29, 1.82) is 0 Å². The molecule has 0 unspecified atom stereocenters. The minimum Gasteiger partial charge on any atom is -0.391 e. The lowest BCUT2D eigenvalue weighted by Crippen LogP contribution is -2.53. The lowest BCUT2D eigenvalue weighted by Gasteiger charge is -2.28. The van der Waals surface area contributed by atoms with Gasteiger partial charge < -0.3 is 10.0 Å². The Balaban J connectivity index is 2.99. The minimum absolute atomic E-state index is 0.105. The Hall–Kier alpha value is -1.22. The van der Waals surface area contributed by atoms with Gasteiger partial charge >= 0.3 is 0 Å². The van der Waals surface area contributed by atoms with Crippen LogP contribution in [0.3, 0.4) is 0 Å². The number of rotatable bonds is 8. The number of carbonyl (C=O) groups is 1. The summed E-state index contributed by atoms with van der Waals surface area (Å²) in [6.45, 7) is 9.42. The zero-order valence-electron chi connectivity index (χ0n) is 12.9. The second-order valence-electron chi connectivity index (χ2n) is 5.08. The number of hydrogen-bond acceptors (Lipinski definition) is 5. The van der Waals surface area contributed by atoms with Crippen molar-refractivity contribution in [3.05, 3.63) is 29.7 Å². The first-order valence-electron chi connectivity index (χ1n) is 6.86. The fraction of sp³-hybridized carbons (Fsp3) is 0.500. The number of thiophene rings is 1. The fourth-order valence-electron chi connectivity index (χ4n) is 1.86. The minimum atomic E-state index is -3.84. The molecule has 1 amide bonds. The second kappa shape index (κ2) is 7.87. The van der Waals surface area contributed by atoms with Gasteiger partial charge in [0, 0.05) is 13.1 Å². The van der Waals surface area contributed by atoms with Gasteiger partial charge in [-0.05, 0) is 32.2 Å². The molecule has 1 aromatic heterocycles. The summed E-state index contributed by atoms with van der Waals surface area (Å²) in [6.07, 6.45) is -1.15. The highest BCUT2D eigenvalue weighted by Crippen LogP contribution is 2.17. The quantitative estimate of drug-likeness (QED) is 0.693. The molecule has 0 aromatic carbocycles. The third-order valence-electron chi connectivity index (χ3n) is 2.94. The Morgan fingerprint density at radius 2 is 2.18 bits per heavy atom. The van der Waals surface area contributed by atoms with Crippen molar-refractivity contribution in [2.45, 2.75) is 37.1 Å². The van der Waals surface area contributed by atoms with Gasteiger partial charge in [0.15, 0.2) is 0 Å². The summed E-state index contributed by atoms with van der Waals surface area (Å²) in [5, 5.41) is 11.5. The van der Waals surface area contributed by atoms with Gasteiger partial charge in [0.05, 0.1) is 6.10 Å². The average molecular weight is 346 g/mol. The summed E-state index contributed by atoms with van der Waals surface area (Å²) in [5.74, 6) is -0.472. The van der Waals surface area contributed by atoms with Crippen molar-refractivity contribution in [2.75, 3.05) is 13.1 Å². The van der Waals surface area contributed by atoms with Crippen molar-refractivity contribution in [2.24, 2.45) is 0 Å². The van der Waals surface area contributed by atoms with Crippen molar-refractivity contribution in [3.63, 3.8) is 0 Å². The summed E-state index contributed by atoms with van der Waals surface area (Å²) < 4.78 is 26.9. The maximum Gasteiger partial charge on any atom is 0.250 e. The van der Waals surface area contributed by atoms with Crippen molar-refractivity contribution in [1.82, 2.24) is 9.62 Å². The molecular formula is C14H22N2O4S2. The molecule has 1 heterocycles. The SMILES string of the molecule is C=C(C)CN(CC)C(=O)[C@@H](NS(=O)(=O)c1cccs1)[C@@H](C)O. The van der Waals surface area contributed by atoms with Crippen LogP contribution >= 0.6 is 11.3 Å². The maximum atomic E-state index is 12.5. The molecular weight excluding hydrogens is 324 g/mol. The highest BCUT2D eigenvalue weighted by atomic mass is 32.2. The molecule has 2 atom stereocenters. The molecule has 0 aliphatic carbocycles. The van der Waals surface area contributed by atoms with Crippen LogP contribution in [0.2, 0.25) is 0 Å². The second-order valence-corrected chi connectivity index (χ2v) is 7.97. The molecule has 0 aliphatic heterocycles. The topological polar surface area (TPSA) is 86.7 Å². The van der Waals surface area contributed by atoms with Gasteiger partial charge in [-0.1, -0.05) is 18.2 Å². The van der Waals surface area contributed by atoms with Crippen LogP contribution in [0.25, 0.3) is 0 Å². The van der Waals surface area contributed by atoms with Gasteiger partial charge in [-0.2, -0.15) is 4.72 Å². The van der Waals surface area contributed by atoms with Crippen molar-refractivity contribution in [3.8, 4) is 0 Å². The first kappa shape index (κ1) is 18.8. The molecule has 1 aromatic rings. The Bertz CT molecular complexity index is 609. The number of nitrogens with one attached hydrogen (secondary N) is 1. The zero-order valence-corrected chi connectivity index (χ0v) is 14.6. The Morgan fingerprint density at radius 3 is 2.59 bits per heavy atom. The Morgan fingerprint density at radius 1 is 1.55 bits per heavy atom. The predicted molar refractivity (Wildman–Crippen MR) is 87.2 cm³/mol. The number of hydrogen-bond donors (Lipinski definition) is 2. The van der Waals surface area contributed by atoms with E-state index >= 15 is 0 Å². The first-order valence-corrected chi connectivity index (χ1v) is 9.22. The summed E-state index contributed by atoms with van der Waals surface area (Å²) in [5.41, 5.74) is 0.778. The Labute approximate surface area is 135 Å². The number of nitrogens with zero attached hydrogens (tertiary/aromatic N) is 1. The van der Waals surface area contributed by atoms with Gasteiger partial charge in [-0.15, -0.1) is 11.3 Å². The zero-order chi connectivity index (χ0) is 16.9. The predicted octanol–water partition coefficient (Wildman–Crippen LogP) is 1.20. The molecule has 124 valence electrons. The fourth-order valence-corrected chi connectivity index (χ4v) is 4.14. The van der Waals surface area contributed by atoms with E-state index in [1.807, 2.05) is 0 Å². The maximum absolute atomic E-state index is 12.5. The molecule has 0 bridgehead atoms. The molecule has 6 nitrogen and oxygen atoms in total. The lowest BCUT2D eigenvalue weighted by molar-refractivity contribution is -0.134. The van der Waals surface area contributed by atoms with Crippen LogP contribution in [0.4, 0.5) is 0 Å². The third kappa shape index (κ3) is 4.91. The van der Waals surface area contributed by atoms with E-state index in [0.29, 0.717) is 13.1 Å². The van der Waals surface area contributed by atoms with Crippen LogP contribution in [0.15, 0.2) is 33.9 Å². The van der Waals surface area contributed by atoms with E-state index < -0.39 is 28.1 Å². The van der Waals surface area contributed by atoms with Crippen LogP contribution in [0.5, 0.6) is 0 Å². The van der Waals surface area contributed by atoms with E-state index in [4.69, 9.17) is 0 Å². The molecule has 0 fully saturated rings. The summed E-state index contributed by atoms with van der Waals surface area (Å²) in [7, 11) is -3.84. The number of aliphatic hydroxyl groups is 1. The molecule has 0 radical (unpaired) electrons. The molecule has 1 rings (SSSR count). The van der Waals surface area contributed by atoms with Crippen LogP contribution in [0.1, 0.15) is 20.8 Å². The van der Waals surface area contributed by atoms with Gasteiger partial charge in [-0.3, -0.25) is 4.79 Å². The van der Waals surface area contributed by atoms with E-state index in [9.17, 15) is 18.3 Å². The molecule has 2 N–H and O–H groups in total. The Kier molecular flexibility index (Phi) is 6.73. The molecule has 0 aliphatic rings. The highest BCUT2D eigenvalue weighted by molar-refractivity contribution is 7.91. The third-order valence-corrected chi connectivity index (χ3v) is 5.78. The van der Waals surface area contributed by atoms with E-state index in [-0.39, 0.29) is 4.21 Å². The number of amides is 1. The number of aliphatic hydroxyl groups excluding tert-OH is 1. The molecule has 0 saturated heterocycles. The standard InChI is InChI=1S/C14H22N2O4S2/c1-5-16(9-10(2)3)14(18)13(11(4)17)15-22(19,20)12-7-6-8-21-12/h6-8,11,13,15,17H,2,5,9H2,1,3-4H3/t11-,13+/m1/s1. The lowest BCUT2D eigenvalue weighted by atomic mass is 10.1. The normalized spacial score (nSPS) is 14.4. The van der Waals surface area contributed by atoms with Crippen molar-refractivity contribution >= 4 is 27.3 Å². The molecule has 0 saturated carbocycles. The van der Waals surface area contributed by atoms with Crippen LogP contribution < -0.4 is 4.72 Å². The van der Waals surface area contributed by atoms with Gasteiger partial charge in [0.2, 0.25) is 5.91 Å². The highest BCUT2D eigenvalue weighted by Gasteiger charge is 2.32. The summed E-state index contributed by atoms with van der Waals surface area (Å²) >= 11 is 1.05. The smallest absolute Gasteiger partial charge is 0.250 e. The monoisotopic (exact) mass is 346 g/mol. The number of sulfonamides is 1. The summed E-state index contributed by atoms with van der Waals surface area (Å²) in [6, 6.07) is 1.83. The van der Waals surface area contributed by atoms with E-state index in [2.05, 4.69) is 11.3 Å². The van der Waals surface area contributed by atoms with Crippen LogP contribution in [-0.2, 0) is 14.8 Å². The molecule has 0 spiro atoms. The number of likely N-dealkylation sites (N-methyl/N-ethyl adjacent to an activating group) is 1. The van der Waals surface area contributed by atoms with E-state index in [1.165, 1.54) is 17.9 Å². The van der Waals surface area contributed by atoms with Crippen molar-refractivity contribution < 1.29 is 18.3 Å². The summed E-state index contributed by atoms with van der Waals surface area (Å²) in [4.78, 5) is 14.0. The number of carbonyl (C=O) groups excluding carboxylic acids is 1. The van der Waals surface area contributed by atoms with Gasteiger partial charge in [0.25, 0.3) is 10.0 Å². The molecule has 8 heteroatoms. The molecule has 22 heavy (non-hydrogen) atoms. The van der Waals surface area contributed by atoms with Crippen LogP contribution in [0, 0.1) is 0 Å². The van der Waals surface area contributed by atoms with Crippen LogP contribution in [-0.4, -0.2) is 49.6 Å². The van der Waals surface area contributed by atoms with E-state index in [0.717, 1.165) is 16.9 Å². The van der Waals surface area contributed by atoms with E-state index in [1.54, 1.807) is 25.3 Å².